The Kier molecular flexibility index (Phi) is 5.85. The van der Waals surface area contributed by atoms with Crippen molar-refractivity contribution in [1.82, 2.24) is 15.5 Å². The lowest BCUT2D eigenvalue weighted by Gasteiger charge is -2.20. The number of carbonyl (C=O) groups is 2. The second kappa shape index (κ2) is 7.64. The number of likely N-dealkylation sites (N-methyl/N-ethyl adjacent to an activating group) is 1. The van der Waals surface area contributed by atoms with Crippen molar-refractivity contribution in [2.24, 2.45) is 11.8 Å². The first-order valence-corrected chi connectivity index (χ1v) is 8.10. The molecule has 3 N–H and O–H groups in total. The summed E-state index contributed by atoms with van der Waals surface area (Å²) in [5.74, 6) is -0.953. The van der Waals surface area contributed by atoms with Gasteiger partial charge in [0.1, 0.15) is 0 Å². The molecule has 0 spiro atoms. The number of nitrogens with one attached hydrogen (secondary N) is 2. The predicted molar refractivity (Wildman–Crippen MR) is 80.1 cm³/mol. The number of hydrogen-bond acceptors (Lipinski definition) is 3. The maximum Gasteiger partial charge on any atom is 0.314 e. The number of rotatable bonds is 8. The predicted octanol–water partition coefficient (Wildman–Crippen LogP) is 1.27. The van der Waals surface area contributed by atoms with Gasteiger partial charge in [-0.15, -0.1) is 0 Å². The standard InChI is InChI=1S/C15H27N3O3/c1-2-18(12-6-7-12)9-8-16-15(21)17-10-11-4-3-5-13(11)14(19)20/h11-13H,2-10H2,1H3,(H,19,20)(H2,16,17,21). The molecule has 0 radical (unpaired) electrons. The van der Waals surface area contributed by atoms with E-state index in [2.05, 4.69) is 22.5 Å². The van der Waals surface area contributed by atoms with Crippen LogP contribution in [0.3, 0.4) is 0 Å². The first kappa shape index (κ1) is 16.1. The molecule has 0 aromatic rings. The Hall–Kier alpha value is -1.30. The van der Waals surface area contributed by atoms with E-state index in [0.29, 0.717) is 13.1 Å². The van der Waals surface area contributed by atoms with Gasteiger partial charge in [-0.1, -0.05) is 13.3 Å². The fourth-order valence-electron chi connectivity index (χ4n) is 3.24. The SMILES string of the molecule is CCN(CCNC(=O)NCC1CCCC1C(=O)O)C1CC1. The van der Waals surface area contributed by atoms with E-state index in [4.69, 9.17) is 5.11 Å². The van der Waals surface area contributed by atoms with Crippen molar-refractivity contribution < 1.29 is 14.7 Å². The Balaban J connectivity index is 1.60. The van der Waals surface area contributed by atoms with Crippen molar-refractivity contribution in [3.8, 4) is 0 Å². The van der Waals surface area contributed by atoms with Crippen LogP contribution in [0.2, 0.25) is 0 Å². The van der Waals surface area contributed by atoms with Gasteiger partial charge in [-0.2, -0.15) is 0 Å². The zero-order chi connectivity index (χ0) is 15.2. The van der Waals surface area contributed by atoms with Crippen LogP contribution in [0.5, 0.6) is 0 Å². The molecule has 0 bridgehead atoms. The summed E-state index contributed by atoms with van der Waals surface area (Å²) in [6, 6.07) is 0.535. The minimum absolute atomic E-state index is 0.0758. The monoisotopic (exact) mass is 297 g/mol. The topological polar surface area (TPSA) is 81.7 Å². The van der Waals surface area contributed by atoms with Crippen LogP contribution in [-0.2, 0) is 4.79 Å². The highest BCUT2D eigenvalue weighted by atomic mass is 16.4. The van der Waals surface area contributed by atoms with Gasteiger partial charge in [0, 0.05) is 25.7 Å². The fraction of sp³-hybridized carbons (Fsp3) is 0.867. The van der Waals surface area contributed by atoms with Crippen molar-refractivity contribution in [1.29, 1.82) is 0 Å². The van der Waals surface area contributed by atoms with Crippen LogP contribution >= 0.6 is 0 Å². The largest absolute Gasteiger partial charge is 0.481 e. The van der Waals surface area contributed by atoms with Crippen LogP contribution in [-0.4, -0.2) is 54.2 Å². The molecule has 6 heteroatoms. The van der Waals surface area contributed by atoms with Crippen molar-refractivity contribution in [3.63, 3.8) is 0 Å². The molecule has 2 atom stereocenters. The van der Waals surface area contributed by atoms with Crippen LogP contribution in [0.1, 0.15) is 39.0 Å². The average Bonchev–Trinajstić information content (AvgIpc) is 3.18. The van der Waals surface area contributed by atoms with Crippen LogP contribution in [0.4, 0.5) is 4.79 Å². The minimum Gasteiger partial charge on any atom is -0.481 e. The molecule has 2 amide bonds. The Morgan fingerprint density at radius 1 is 1.19 bits per heavy atom. The highest BCUT2D eigenvalue weighted by Gasteiger charge is 2.32. The van der Waals surface area contributed by atoms with Gasteiger partial charge in [0.15, 0.2) is 0 Å². The normalized spacial score (nSPS) is 25.0. The van der Waals surface area contributed by atoms with Gasteiger partial charge in [-0.05, 0) is 38.1 Å². The Morgan fingerprint density at radius 2 is 1.95 bits per heavy atom. The summed E-state index contributed by atoms with van der Waals surface area (Å²) in [6.07, 6.45) is 5.12. The molecular formula is C15H27N3O3. The molecule has 2 saturated carbocycles. The molecule has 21 heavy (non-hydrogen) atoms. The first-order valence-electron chi connectivity index (χ1n) is 8.10. The van der Waals surface area contributed by atoms with E-state index in [1.165, 1.54) is 12.8 Å². The van der Waals surface area contributed by atoms with E-state index in [1.54, 1.807) is 0 Å². The Labute approximate surface area is 126 Å². The lowest BCUT2D eigenvalue weighted by atomic mass is 9.96. The molecule has 120 valence electrons. The van der Waals surface area contributed by atoms with E-state index in [0.717, 1.165) is 38.4 Å². The smallest absolute Gasteiger partial charge is 0.314 e. The summed E-state index contributed by atoms with van der Waals surface area (Å²) >= 11 is 0. The number of nitrogens with zero attached hydrogens (tertiary/aromatic N) is 1. The lowest BCUT2D eigenvalue weighted by Crippen LogP contribution is -2.43. The molecule has 2 fully saturated rings. The van der Waals surface area contributed by atoms with Crippen molar-refractivity contribution in [2.45, 2.75) is 45.1 Å². The van der Waals surface area contributed by atoms with Gasteiger partial charge in [0.2, 0.25) is 0 Å². The number of carbonyl (C=O) groups excluding carboxylic acids is 1. The Morgan fingerprint density at radius 3 is 2.57 bits per heavy atom. The highest BCUT2D eigenvalue weighted by Crippen LogP contribution is 2.31. The maximum atomic E-state index is 11.7. The summed E-state index contributed by atoms with van der Waals surface area (Å²) in [5.41, 5.74) is 0. The molecular weight excluding hydrogens is 270 g/mol. The van der Waals surface area contributed by atoms with Crippen LogP contribution < -0.4 is 10.6 Å². The highest BCUT2D eigenvalue weighted by molar-refractivity contribution is 5.74. The molecule has 2 unspecified atom stereocenters. The second-order valence-corrected chi connectivity index (χ2v) is 6.13. The van der Waals surface area contributed by atoms with E-state index < -0.39 is 5.97 Å². The van der Waals surface area contributed by atoms with Crippen LogP contribution in [0.15, 0.2) is 0 Å². The lowest BCUT2D eigenvalue weighted by molar-refractivity contribution is -0.142. The molecule has 2 rings (SSSR count). The van der Waals surface area contributed by atoms with Crippen molar-refractivity contribution in [2.75, 3.05) is 26.2 Å². The number of aliphatic carboxylic acids is 1. The van der Waals surface area contributed by atoms with Gasteiger partial charge >= 0.3 is 12.0 Å². The van der Waals surface area contributed by atoms with Gasteiger partial charge in [-0.25, -0.2) is 4.79 Å². The maximum absolute atomic E-state index is 11.7. The van der Waals surface area contributed by atoms with E-state index in [9.17, 15) is 9.59 Å². The summed E-state index contributed by atoms with van der Waals surface area (Å²) in [6.45, 7) is 5.16. The third-order valence-electron chi connectivity index (χ3n) is 4.66. The summed E-state index contributed by atoms with van der Waals surface area (Å²) < 4.78 is 0. The van der Waals surface area contributed by atoms with Crippen molar-refractivity contribution in [3.05, 3.63) is 0 Å². The number of carboxylic acids is 1. The van der Waals surface area contributed by atoms with Crippen LogP contribution in [0.25, 0.3) is 0 Å². The average molecular weight is 297 g/mol. The Bertz CT molecular complexity index is 371. The third-order valence-corrected chi connectivity index (χ3v) is 4.66. The fourth-order valence-corrected chi connectivity index (χ4v) is 3.24. The van der Waals surface area contributed by atoms with Gasteiger partial charge in [-0.3, -0.25) is 9.69 Å². The van der Waals surface area contributed by atoms with Gasteiger partial charge in [0.05, 0.1) is 5.92 Å². The molecule has 2 aliphatic carbocycles. The van der Waals surface area contributed by atoms with E-state index in [-0.39, 0.29) is 17.9 Å². The molecule has 6 nitrogen and oxygen atoms in total. The number of carboxylic acid groups (broad SMARTS) is 1. The summed E-state index contributed by atoms with van der Waals surface area (Å²) in [7, 11) is 0. The van der Waals surface area contributed by atoms with Crippen LogP contribution in [0, 0.1) is 11.8 Å². The summed E-state index contributed by atoms with van der Waals surface area (Å²) in [4.78, 5) is 25.2. The number of hydrogen-bond donors (Lipinski definition) is 3. The van der Waals surface area contributed by atoms with Crippen molar-refractivity contribution >= 4 is 12.0 Å². The number of urea groups is 1. The molecule has 0 saturated heterocycles. The quantitative estimate of drug-likeness (QED) is 0.630. The van der Waals surface area contributed by atoms with E-state index in [1.807, 2.05) is 0 Å². The zero-order valence-electron chi connectivity index (χ0n) is 12.8. The first-order chi connectivity index (χ1) is 10.1. The summed E-state index contributed by atoms with van der Waals surface area (Å²) in [5, 5.41) is 14.8. The minimum atomic E-state index is -0.734. The molecule has 2 aliphatic rings. The van der Waals surface area contributed by atoms with Gasteiger partial charge < -0.3 is 15.7 Å². The number of amides is 2. The molecule has 0 aromatic carbocycles. The molecule has 0 aliphatic heterocycles. The second-order valence-electron chi connectivity index (χ2n) is 6.13. The zero-order valence-corrected chi connectivity index (χ0v) is 12.8. The molecule has 0 heterocycles. The van der Waals surface area contributed by atoms with E-state index >= 15 is 0 Å². The molecule has 0 aromatic heterocycles. The third kappa shape index (κ3) is 4.88. The van der Waals surface area contributed by atoms with Gasteiger partial charge in [0.25, 0.3) is 0 Å².